The van der Waals surface area contributed by atoms with E-state index in [-0.39, 0.29) is 18.1 Å². The molecule has 0 amide bonds. The van der Waals surface area contributed by atoms with E-state index in [1.165, 1.54) is 12.1 Å². The molecule has 1 aromatic rings. The molecule has 6 heteroatoms. The maximum atomic E-state index is 13.0. The van der Waals surface area contributed by atoms with Gasteiger partial charge in [0.2, 0.25) is 9.05 Å². The van der Waals surface area contributed by atoms with Crippen LogP contribution in [0.4, 0.5) is 4.39 Å². The van der Waals surface area contributed by atoms with Gasteiger partial charge in [-0.3, -0.25) is 0 Å². The molecule has 0 radical (unpaired) electrons. The zero-order valence-electron chi connectivity index (χ0n) is 8.53. The van der Waals surface area contributed by atoms with Gasteiger partial charge in [-0.05, 0) is 25.0 Å². The van der Waals surface area contributed by atoms with Crippen LogP contribution in [0.15, 0.2) is 24.3 Å². The molecular formula is C10H12ClFO3S. The van der Waals surface area contributed by atoms with Gasteiger partial charge in [-0.1, -0.05) is 12.1 Å². The Kier molecular flexibility index (Phi) is 5.02. The minimum Gasteiger partial charge on any atom is -0.491 e. The summed E-state index contributed by atoms with van der Waals surface area (Å²) in [5.41, 5.74) is 0. The molecule has 0 bridgehead atoms. The minimum atomic E-state index is -3.43. The lowest BCUT2D eigenvalue weighted by atomic mass is 10.3. The number of unbranched alkanes of at least 4 members (excludes halogenated alkanes) is 1. The summed E-state index contributed by atoms with van der Waals surface area (Å²) >= 11 is 0. The van der Waals surface area contributed by atoms with E-state index in [0.717, 1.165) is 0 Å². The second-order valence-corrected chi connectivity index (χ2v) is 6.13. The number of para-hydroxylation sites is 1. The Morgan fingerprint density at radius 2 is 1.94 bits per heavy atom. The molecule has 16 heavy (non-hydrogen) atoms. The Labute approximate surface area is 98.6 Å². The molecule has 0 aliphatic rings. The van der Waals surface area contributed by atoms with E-state index in [9.17, 15) is 12.8 Å². The first-order valence-electron chi connectivity index (χ1n) is 4.79. The van der Waals surface area contributed by atoms with Crippen molar-refractivity contribution in [3.05, 3.63) is 30.1 Å². The fourth-order valence-corrected chi connectivity index (χ4v) is 2.00. The summed E-state index contributed by atoms with van der Waals surface area (Å²) in [5.74, 6) is -0.335. The fraction of sp³-hybridized carbons (Fsp3) is 0.400. The number of halogens is 2. The molecule has 0 atom stereocenters. The van der Waals surface area contributed by atoms with Gasteiger partial charge in [0.05, 0.1) is 12.4 Å². The second kappa shape index (κ2) is 6.06. The van der Waals surface area contributed by atoms with E-state index in [2.05, 4.69) is 0 Å². The van der Waals surface area contributed by atoms with Crippen molar-refractivity contribution in [3.63, 3.8) is 0 Å². The highest BCUT2D eigenvalue weighted by Crippen LogP contribution is 2.15. The van der Waals surface area contributed by atoms with Gasteiger partial charge in [0.25, 0.3) is 0 Å². The molecule has 0 aliphatic heterocycles. The molecule has 0 saturated carbocycles. The standard InChI is InChI=1S/C10H12ClFO3S/c11-16(13,14)8-4-3-7-15-10-6-2-1-5-9(10)12/h1-2,5-6H,3-4,7-8H2. The van der Waals surface area contributed by atoms with Gasteiger partial charge in [-0.25, -0.2) is 12.8 Å². The molecule has 0 N–H and O–H groups in total. The van der Waals surface area contributed by atoms with Crippen LogP contribution in [0.3, 0.4) is 0 Å². The van der Waals surface area contributed by atoms with Gasteiger partial charge < -0.3 is 4.74 Å². The Bertz CT molecular complexity index is 433. The molecule has 0 heterocycles. The maximum Gasteiger partial charge on any atom is 0.232 e. The molecule has 3 nitrogen and oxygen atoms in total. The third kappa shape index (κ3) is 5.32. The summed E-state index contributed by atoms with van der Waals surface area (Å²) in [4.78, 5) is 0. The summed E-state index contributed by atoms with van der Waals surface area (Å²) in [6.07, 6.45) is 0.917. The van der Waals surface area contributed by atoms with Crippen molar-refractivity contribution in [2.24, 2.45) is 0 Å². The van der Waals surface area contributed by atoms with Gasteiger partial charge >= 0.3 is 0 Å². The Hall–Kier alpha value is -0.810. The maximum absolute atomic E-state index is 13.0. The van der Waals surface area contributed by atoms with Crippen LogP contribution >= 0.6 is 10.7 Å². The molecule has 0 aliphatic carbocycles. The lowest BCUT2D eigenvalue weighted by Crippen LogP contribution is -2.03. The Balaban J connectivity index is 2.24. The number of benzene rings is 1. The van der Waals surface area contributed by atoms with Crippen molar-refractivity contribution in [1.82, 2.24) is 0 Å². The molecule has 0 fully saturated rings. The van der Waals surface area contributed by atoms with Gasteiger partial charge in [0, 0.05) is 10.7 Å². The van der Waals surface area contributed by atoms with Crippen molar-refractivity contribution in [3.8, 4) is 5.75 Å². The highest BCUT2D eigenvalue weighted by Gasteiger charge is 2.05. The second-order valence-electron chi connectivity index (χ2n) is 3.23. The van der Waals surface area contributed by atoms with Gasteiger partial charge in [-0.2, -0.15) is 0 Å². The predicted octanol–water partition coefficient (Wildman–Crippen LogP) is 2.55. The Morgan fingerprint density at radius 3 is 2.56 bits per heavy atom. The molecule has 0 saturated heterocycles. The molecule has 90 valence electrons. The lowest BCUT2D eigenvalue weighted by Gasteiger charge is -2.05. The zero-order valence-corrected chi connectivity index (χ0v) is 10.1. The van der Waals surface area contributed by atoms with Crippen molar-refractivity contribution in [2.45, 2.75) is 12.8 Å². The lowest BCUT2D eigenvalue weighted by molar-refractivity contribution is 0.294. The SMILES string of the molecule is O=S(=O)(Cl)CCCCOc1ccccc1F. The number of rotatable bonds is 6. The van der Waals surface area contributed by atoms with Crippen molar-refractivity contribution >= 4 is 19.7 Å². The molecule has 0 aromatic heterocycles. The molecule has 0 unspecified atom stereocenters. The predicted molar refractivity (Wildman–Crippen MR) is 60.8 cm³/mol. The zero-order chi connectivity index (χ0) is 12.0. The van der Waals surface area contributed by atoms with Crippen LogP contribution in [0.5, 0.6) is 5.75 Å². The first kappa shape index (κ1) is 13.3. The summed E-state index contributed by atoms with van der Waals surface area (Å²) in [6, 6.07) is 6.07. The summed E-state index contributed by atoms with van der Waals surface area (Å²) in [5, 5.41) is 0. The van der Waals surface area contributed by atoms with Gasteiger partial charge in [0.15, 0.2) is 11.6 Å². The van der Waals surface area contributed by atoms with Crippen molar-refractivity contribution < 1.29 is 17.5 Å². The number of ether oxygens (including phenoxy) is 1. The van der Waals surface area contributed by atoms with E-state index < -0.39 is 14.9 Å². The average molecular weight is 267 g/mol. The van der Waals surface area contributed by atoms with E-state index >= 15 is 0 Å². The van der Waals surface area contributed by atoms with Crippen LogP contribution in [0.1, 0.15) is 12.8 Å². The quantitative estimate of drug-likeness (QED) is 0.587. The van der Waals surface area contributed by atoms with E-state index in [1.54, 1.807) is 12.1 Å². The van der Waals surface area contributed by atoms with Gasteiger partial charge in [0.1, 0.15) is 0 Å². The van der Waals surface area contributed by atoms with Crippen LogP contribution in [0, 0.1) is 5.82 Å². The summed E-state index contributed by atoms with van der Waals surface area (Å²) < 4.78 is 39.4. The van der Waals surface area contributed by atoms with Gasteiger partial charge in [-0.15, -0.1) is 0 Å². The van der Waals surface area contributed by atoms with E-state index in [4.69, 9.17) is 15.4 Å². The monoisotopic (exact) mass is 266 g/mol. The van der Waals surface area contributed by atoms with Crippen molar-refractivity contribution in [1.29, 1.82) is 0 Å². The molecule has 1 rings (SSSR count). The highest BCUT2D eigenvalue weighted by molar-refractivity contribution is 8.13. The Morgan fingerprint density at radius 1 is 1.25 bits per heavy atom. The molecular weight excluding hydrogens is 255 g/mol. The third-order valence-electron chi connectivity index (χ3n) is 1.88. The topological polar surface area (TPSA) is 43.4 Å². The van der Waals surface area contributed by atoms with Crippen LogP contribution in [0.2, 0.25) is 0 Å². The minimum absolute atomic E-state index is 0.0881. The van der Waals surface area contributed by atoms with Crippen LogP contribution in [-0.4, -0.2) is 20.8 Å². The highest BCUT2D eigenvalue weighted by atomic mass is 35.7. The van der Waals surface area contributed by atoms with Crippen molar-refractivity contribution in [2.75, 3.05) is 12.4 Å². The normalized spacial score (nSPS) is 11.4. The first-order chi connectivity index (χ1) is 7.49. The molecule has 1 aromatic carbocycles. The number of hydrogen-bond acceptors (Lipinski definition) is 3. The average Bonchev–Trinajstić information content (AvgIpc) is 2.18. The van der Waals surface area contributed by atoms with Crippen LogP contribution < -0.4 is 4.74 Å². The third-order valence-corrected chi connectivity index (χ3v) is 3.12. The summed E-state index contributed by atoms with van der Waals surface area (Å²) in [7, 11) is 1.59. The van der Waals surface area contributed by atoms with E-state index in [0.29, 0.717) is 12.8 Å². The smallest absolute Gasteiger partial charge is 0.232 e. The number of hydrogen-bond donors (Lipinski definition) is 0. The van der Waals surface area contributed by atoms with Crippen LogP contribution in [0.25, 0.3) is 0 Å². The molecule has 0 spiro atoms. The fourth-order valence-electron chi connectivity index (χ4n) is 1.12. The van der Waals surface area contributed by atoms with Crippen LogP contribution in [-0.2, 0) is 9.05 Å². The summed E-state index contributed by atoms with van der Waals surface area (Å²) in [6.45, 7) is 0.271. The van der Waals surface area contributed by atoms with E-state index in [1.807, 2.05) is 0 Å². The largest absolute Gasteiger partial charge is 0.491 e. The first-order valence-corrected chi connectivity index (χ1v) is 7.26.